The second-order valence-electron chi connectivity index (χ2n) is 5.71. The van der Waals surface area contributed by atoms with Crippen molar-refractivity contribution in [2.45, 2.75) is 34.1 Å². The molecular formula is C15H27N5OS. The smallest absolute Gasteiger partial charge is 0.227 e. The van der Waals surface area contributed by atoms with Crippen molar-refractivity contribution in [3.63, 3.8) is 0 Å². The fourth-order valence-corrected chi connectivity index (χ4v) is 2.60. The number of nitrogens with zero attached hydrogens (tertiary/aromatic N) is 2. The molecule has 0 saturated heterocycles. The maximum Gasteiger partial charge on any atom is 0.227 e. The van der Waals surface area contributed by atoms with Gasteiger partial charge in [0.1, 0.15) is 0 Å². The zero-order valence-corrected chi connectivity index (χ0v) is 14.9. The molecule has 0 atom stereocenters. The van der Waals surface area contributed by atoms with Gasteiger partial charge >= 0.3 is 0 Å². The molecule has 1 rings (SSSR count). The lowest BCUT2D eigenvalue weighted by Crippen LogP contribution is -2.48. The van der Waals surface area contributed by atoms with Crippen molar-refractivity contribution in [3.8, 4) is 0 Å². The lowest BCUT2D eigenvalue weighted by molar-refractivity contribution is -0.128. The summed E-state index contributed by atoms with van der Waals surface area (Å²) in [6.07, 6.45) is 2.75. The maximum absolute atomic E-state index is 11.9. The van der Waals surface area contributed by atoms with E-state index in [1.807, 2.05) is 27.0 Å². The Morgan fingerprint density at radius 2 is 2.09 bits per heavy atom. The molecule has 3 N–H and O–H groups in total. The number of amides is 1. The average molecular weight is 325 g/mol. The number of thiazole rings is 1. The summed E-state index contributed by atoms with van der Waals surface area (Å²) in [6.45, 7) is 9.72. The highest BCUT2D eigenvalue weighted by Gasteiger charge is 2.27. The van der Waals surface area contributed by atoms with Crippen LogP contribution in [-0.4, -0.2) is 43.5 Å². The molecule has 1 aromatic rings. The van der Waals surface area contributed by atoms with Gasteiger partial charge in [0, 0.05) is 44.2 Å². The van der Waals surface area contributed by atoms with E-state index < -0.39 is 5.41 Å². The molecule has 1 heterocycles. The van der Waals surface area contributed by atoms with Gasteiger partial charge in [-0.25, -0.2) is 4.98 Å². The average Bonchev–Trinajstić information content (AvgIpc) is 2.88. The predicted molar refractivity (Wildman–Crippen MR) is 92.4 cm³/mol. The summed E-state index contributed by atoms with van der Waals surface area (Å²) >= 11 is 1.71. The molecule has 0 bridgehead atoms. The number of hydrogen-bond acceptors (Lipinski definition) is 4. The zero-order chi connectivity index (χ0) is 16.6. The van der Waals surface area contributed by atoms with Crippen molar-refractivity contribution in [1.29, 1.82) is 0 Å². The third-order valence-electron chi connectivity index (χ3n) is 3.17. The first-order valence-electron chi connectivity index (χ1n) is 7.53. The Hall–Kier alpha value is -1.63. The number of carbonyl (C=O) groups excluding carboxylic acids is 1. The molecule has 1 aromatic heterocycles. The van der Waals surface area contributed by atoms with Crippen LogP contribution in [-0.2, 0) is 11.2 Å². The SMILES string of the molecule is CCNC(=O)C(C)(C)CNC(=NC)NCCc1ncc(C)s1. The van der Waals surface area contributed by atoms with E-state index >= 15 is 0 Å². The molecular weight excluding hydrogens is 298 g/mol. The molecule has 1 amide bonds. The van der Waals surface area contributed by atoms with Gasteiger partial charge in [-0.05, 0) is 27.7 Å². The number of guanidine groups is 1. The Bertz CT molecular complexity index is 510. The van der Waals surface area contributed by atoms with Crippen LogP contribution in [0.15, 0.2) is 11.2 Å². The van der Waals surface area contributed by atoms with E-state index in [1.165, 1.54) is 4.88 Å². The van der Waals surface area contributed by atoms with Crippen molar-refractivity contribution in [2.24, 2.45) is 10.4 Å². The minimum absolute atomic E-state index is 0.0382. The lowest BCUT2D eigenvalue weighted by atomic mass is 9.92. The van der Waals surface area contributed by atoms with Crippen molar-refractivity contribution < 1.29 is 4.79 Å². The molecule has 0 aromatic carbocycles. The van der Waals surface area contributed by atoms with E-state index in [1.54, 1.807) is 18.4 Å². The van der Waals surface area contributed by atoms with E-state index in [0.29, 0.717) is 19.0 Å². The highest BCUT2D eigenvalue weighted by atomic mass is 32.1. The van der Waals surface area contributed by atoms with Gasteiger partial charge in [-0.15, -0.1) is 11.3 Å². The number of aromatic nitrogens is 1. The van der Waals surface area contributed by atoms with Crippen LogP contribution in [0.25, 0.3) is 0 Å². The summed E-state index contributed by atoms with van der Waals surface area (Å²) in [5.41, 5.74) is -0.486. The van der Waals surface area contributed by atoms with E-state index in [4.69, 9.17) is 0 Å². The molecule has 0 unspecified atom stereocenters. The summed E-state index contributed by atoms with van der Waals surface area (Å²) < 4.78 is 0. The van der Waals surface area contributed by atoms with Crippen LogP contribution in [0.5, 0.6) is 0 Å². The van der Waals surface area contributed by atoms with Crippen LogP contribution in [0.2, 0.25) is 0 Å². The quantitative estimate of drug-likeness (QED) is 0.522. The standard InChI is InChI=1S/C15H27N5OS/c1-6-17-13(21)15(3,4)10-20-14(16-5)18-8-7-12-19-9-11(2)22-12/h9H,6-8,10H2,1-5H3,(H,17,21)(H2,16,18,20). The highest BCUT2D eigenvalue weighted by Crippen LogP contribution is 2.13. The van der Waals surface area contributed by atoms with Gasteiger partial charge < -0.3 is 16.0 Å². The first kappa shape index (κ1) is 18.4. The molecule has 0 radical (unpaired) electrons. The molecule has 0 aliphatic heterocycles. The molecule has 7 heteroatoms. The van der Waals surface area contributed by atoms with E-state index in [0.717, 1.165) is 18.0 Å². The molecule has 0 saturated carbocycles. The molecule has 124 valence electrons. The van der Waals surface area contributed by atoms with Crippen molar-refractivity contribution in [2.75, 3.05) is 26.7 Å². The molecule has 0 aliphatic rings. The molecule has 0 aliphatic carbocycles. The third kappa shape index (κ3) is 6.01. The fraction of sp³-hybridized carbons (Fsp3) is 0.667. The number of rotatable bonds is 7. The van der Waals surface area contributed by atoms with Crippen molar-refractivity contribution in [1.82, 2.24) is 20.9 Å². The molecule has 22 heavy (non-hydrogen) atoms. The maximum atomic E-state index is 11.9. The topological polar surface area (TPSA) is 78.4 Å². The second kappa shape index (κ2) is 8.73. The van der Waals surface area contributed by atoms with Crippen LogP contribution in [0.1, 0.15) is 30.7 Å². The van der Waals surface area contributed by atoms with Crippen LogP contribution in [0, 0.1) is 12.3 Å². The van der Waals surface area contributed by atoms with Gasteiger partial charge in [-0.1, -0.05) is 0 Å². The van der Waals surface area contributed by atoms with Gasteiger partial charge in [0.25, 0.3) is 0 Å². The van der Waals surface area contributed by atoms with Crippen LogP contribution in [0.3, 0.4) is 0 Å². The van der Waals surface area contributed by atoms with Gasteiger partial charge in [0.2, 0.25) is 5.91 Å². The predicted octanol–water partition coefficient (Wildman–Crippen LogP) is 1.32. The monoisotopic (exact) mass is 325 g/mol. The number of aryl methyl sites for hydroxylation is 1. The van der Waals surface area contributed by atoms with Crippen LogP contribution in [0.4, 0.5) is 0 Å². The Labute approximate surface area is 136 Å². The van der Waals surface area contributed by atoms with E-state index in [-0.39, 0.29) is 5.91 Å². The van der Waals surface area contributed by atoms with Crippen molar-refractivity contribution in [3.05, 3.63) is 16.1 Å². The largest absolute Gasteiger partial charge is 0.356 e. The van der Waals surface area contributed by atoms with Gasteiger partial charge in [-0.3, -0.25) is 9.79 Å². The first-order chi connectivity index (χ1) is 10.4. The third-order valence-corrected chi connectivity index (χ3v) is 4.15. The van der Waals surface area contributed by atoms with E-state index in [2.05, 4.69) is 32.9 Å². The number of hydrogen-bond donors (Lipinski definition) is 3. The molecule has 0 fully saturated rings. The number of nitrogens with one attached hydrogen (secondary N) is 3. The minimum Gasteiger partial charge on any atom is -0.356 e. The minimum atomic E-state index is -0.486. The normalized spacial score (nSPS) is 12.1. The summed E-state index contributed by atoms with van der Waals surface area (Å²) in [5.74, 6) is 0.738. The second-order valence-corrected chi connectivity index (χ2v) is 7.03. The summed E-state index contributed by atoms with van der Waals surface area (Å²) in [6, 6.07) is 0. The van der Waals surface area contributed by atoms with Gasteiger partial charge in [0.05, 0.1) is 10.4 Å². The fourth-order valence-electron chi connectivity index (χ4n) is 1.81. The molecule has 0 spiro atoms. The van der Waals surface area contributed by atoms with Gasteiger partial charge in [-0.2, -0.15) is 0 Å². The number of carbonyl (C=O) groups is 1. The van der Waals surface area contributed by atoms with Crippen LogP contribution >= 0.6 is 11.3 Å². The summed E-state index contributed by atoms with van der Waals surface area (Å²) in [4.78, 5) is 21.7. The Morgan fingerprint density at radius 1 is 1.36 bits per heavy atom. The van der Waals surface area contributed by atoms with Crippen molar-refractivity contribution >= 4 is 23.2 Å². The summed E-state index contributed by atoms with van der Waals surface area (Å²) in [5, 5.41) is 10.4. The van der Waals surface area contributed by atoms with Crippen LogP contribution < -0.4 is 16.0 Å². The zero-order valence-electron chi connectivity index (χ0n) is 14.1. The molecule has 6 nitrogen and oxygen atoms in total. The highest BCUT2D eigenvalue weighted by molar-refractivity contribution is 7.11. The Morgan fingerprint density at radius 3 is 2.64 bits per heavy atom. The first-order valence-corrected chi connectivity index (χ1v) is 8.35. The summed E-state index contributed by atoms with van der Waals surface area (Å²) in [7, 11) is 1.72. The van der Waals surface area contributed by atoms with Gasteiger partial charge in [0.15, 0.2) is 5.96 Å². The van der Waals surface area contributed by atoms with E-state index in [9.17, 15) is 4.79 Å². The Balaban J connectivity index is 2.37. The Kier molecular flexibility index (Phi) is 7.31. The lowest BCUT2D eigenvalue weighted by Gasteiger charge is -2.24. The number of aliphatic imine (C=N–C) groups is 1.